The van der Waals surface area contributed by atoms with Crippen LogP contribution in [0.15, 0.2) is 42.5 Å². The molecule has 0 atom stereocenters. The third kappa shape index (κ3) is 2.84. The van der Waals surface area contributed by atoms with Crippen LogP contribution in [0, 0.1) is 17.0 Å². The van der Waals surface area contributed by atoms with Gasteiger partial charge in [-0.3, -0.25) is 10.1 Å². The summed E-state index contributed by atoms with van der Waals surface area (Å²) in [6.45, 7) is 1.94. The average Bonchev–Trinajstić information content (AvgIpc) is 2.46. The molecule has 2 aromatic rings. The van der Waals surface area contributed by atoms with E-state index < -0.39 is 16.6 Å². The van der Waals surface area contributed by atoms with Gasteiger partial charge in [0.05, 0.1) is 4.92 Å². The van der Waals surface area contributed by atoms with Crippen molar-refractivity contribution >= 4 is 23.0 Å². The highest BCUT2D eigenvalue weighted by molar-refractivity contribution is 5.96. The molecule has 2 rings (SSSR count). The summed E-state index contributed by atoms with van der Waals surface area (Å²) in [5.74, 6) is -1.32. The van der Waals surface area contributed by atoms with Crippen molar-refractivity contribution in [2.24, 2.45) is 0 Å². The quantitative estimate of drug-likeness (QED) is 0.688. The first-order valence-electron chi connectivity index (χ1n) is 6.23. The van der Waals surface area contributed by atoms with Gasteiger partial charge in [-0.05, 0) is 31.2 Å². The Hall–Kier alpha value is -2.89. The highest BCUT2D eigenvalue weighted by Crippen LogP contribution is 2.35. The van der Waals surface area contributed by atoms with E-state index in [1.165, 1.54) is 18.2 Å². The van der Waals surface area contributed by atoms with Crippen LogP contribution in [0.5, 0.6) is 0 Å². The Morgan fingerprint density at radius 3 is 2.33 bits per heavy atom. The van der Waals surface area contributed by atoms with Gasteiger partial charge in [-0.25, -0.2) is 4.79 Å². The number of nitrogens with zero attached hydrogens (tertiary/aromatic N) is 2. The van der Waals surface area contributed by atoms with Crippen LogP contribution in [0.25, 0.3) is 0 Å². The highest BCUT2D eigenvalue weighted by atomic mass is 16.6. The van der Waals surface area contributed by atoms with Gasteiger partial charge in [-0.2, -0.15) is 0 Å². The van der Waals surface area contributed by atoms with Crippen molar-refractivity contribution in [2.45, 2.75) is 6.92 Å². The molecule has 0 aliphatic heterocycles. The van der Waals surface area contributed by atoms with Gasteiger partial charge in [-0.1, -0.05) is 23.8 Å². The number of aromatic carboxylic acids is 1. The van der Waals surface area contributed by atoms with E-state index in [-0.39, 0.29) is 11.3 Å². The number of para-hydroxylation sites is 1. The standard InChI is InChI=1S/C15H14N2O4/c1-10-6-8-11(9-7-10)16(2)13-5-3-4-12(15(18)19)14(13)17(20)21/h3-9H,1-2H3,(H,18,19). The van der Waals surface area contributed by atoms with Crippen LogP contribution < -0.4 is 4.90 Å². The molecule has 0 fully saturated rings. The van der Waals surface area contributed by atoms with Crippen LogP contribution in [0.3, 0.4) is 0 Å². The Bertz CT molecular complexity index is 695. The lowest BCUT2D eigenvalue weighted by Crippen LogP contribution is -2.14. The zero-order valence-electron chi connectivity index (χ0n) is 11.6. The smallest absolute Gasteiger partial charge is 0.342 e. The first-order valence-corrected chi connectivity index (χ1v) is 6.23. The molecule has 0 unspecified atom stereocenters. The zero-order chi connectivity index (χ0) is 15.6. The van der Waals surface area contributed by atoms with Crippen molar-refractivity contribution in [2.75, 3.05) is 11.9 Å². The topological polar surface area (TPSA) is 83.7 Å². The Balaban J connectivity index is 2.57. The molecular formula is C15H14N2O4. The number of carboxylic acid groups (broad SMARTS) is 1. The van der Waals surface area contributed by atoms with Crippen LogP contribution in [0.1, 0.15) is 15.9 Å². The van der Waals surface area contributed by atoms with Gasteiger partial charge in [0.15, 0.2) is 0 Å². The molecule has 0 saturated heterocycles. The molecule has 0 spiro atoms. The van der Waals surface area contributed by atoms with E-state index >= 15 is 0 Å². The second kappa shape index (κ2) is 5.62. The fraction of sp³-hybridized carbons (Fsp3) is 0.133. The molecule has 0 radical (unpaired) electrons. The second-order valence-electron chi connectivity index (χ2n) is 4.63. The van der Waals surface area contributed by atoms with E-state index in [0.717, 1.165) is 11.3 Å². The monoisotopic (exact) mass is 286 g/mol. The minimum atomic E-state index is -1.32. The number of rotatable bonds is 4. The van der Waals surface area contributed by atoms with Gasteiger partial charge in [-0.15, -0.1) is 0 Å². The number of aryl methyl sites for hydroxylation is 1. The molecule has 0 saturated carbocycles. The lowest BCUT2D eigenvalue weighted by atomic mass is 10.1. The molecule has 0 aliphatic carbocycles. The summed E-state index contributed by atoms with van der Waals surface area (Å²) in [6, 6.07) is 11.7. The highest BCUT2D eigenvalue weighted by Gasteiger charge is 2.26. The fourth-order valence-corrected chi connectivity index (χ4v) is 2.07. The first kappa shape index (κ1) is 14.5. The first-order chi connectivity index (χ1) is 9.91. The predicted molar refractivity (Wildman–Crippen MR) is 79.3 cm³/mol. The van der Waals surface area contributed by atoms with Gasteiger partial charge in [0.1, 0.15) is 11.3 Å². The lowest BCUT2D eigenvalue weighted by molar-refractivity contribution is -0.384. The molecule has 1 N–H and O–H groups in total. The average molecular weight is 286 g/mol. The normalized spacial score (nSPS) is 10.2. The van der Waals surface area contributed by atoms with Gasteiger partial charge < -0.3 is 10.0 Å². The number of hydrogen-bond acceptors (Lipinski definition) is 4. The number of benzene rings is 2. The number of nitro groups is 1. The minimum Gasteiger partial charge on any atom is -0.477 e. The zero-order valence-corrected chi connectivity index (χ0v) is 11.6. The van der Waals surface area contributed by atoms with Crippen LogP contribution in [0.4, 0.5) is 17.1 Å². The van der Waals surface area contributed by atoms with E-state index in [0.29, 0.717) is 0 Å². The fourth-order valence-electron chi connectivity index (χ4n) is 2.07. The number of anilines is 2. The molecule has 2 aromatic carbocycles. The van der Waals surface area contributed by atoms with Crippen LogP contribution in [-0.4, -0.2) is 23.0 Å². The van der Waals surface area contributed by atoms with Crippen molar-refractivity contribution in [3.63, 3.8) is 0 Å². The molecule has 0 aliphatic rings. The number of carbonyl (C=O) groups is 1. The number of carboxylic acids is 1. The Morgan fingerprint density at radius 1 is 1.19 bits per heavy atom. The summed E-state index contributed by atoms with van der Waals surface area (Å²) in [4.78, 5) is 23.3. The van der Waals surface area contributed by atoms with E-state index in [2.05, 4.69) is 0 Å². The summed E-state index contributed by atoms with van der Waals surface area (Å²) in [5.41, 5.74) is 1.32. The maximum absolute atomic E-state index is 11.3. The maximum Gasteiger partial charge on any atom is 0.342 e. The van der Waals surface area contributed by atoms with Gasteiger partial charge >= 0.3 is 11.7 Å². The molecule has 0 heterocycles. The Morgan fingerprint density at radius 2 is 1.81 bits per heavy atom. The second-order valence-corrected chi connectivity index (χ2v) is 4.63. The van der Waals surface area contributed by atoms with Crippen molar-refractivity contribution in [3.8, 4) is 0 Å². The van der Waals surface area contributed by atoms with Gasteiger partial charge in [0, 0.05) is 12.7 Å². The molecule has 6 nitrogen and oxygen atoms in total. The maximum atomic E-state index is 11.3. The van der Waals surface area contributed by atoms with Crippen molar-refractivity contribution < 1.29 is 14.8 Å². The number of hydrogen-bond donors (Lipinski definition) is 1. The van der Waals surface area contributed by atoms with Crippen molar-refractivity contribution in [1.29, 1.82) is 0 Å². The summed E-state index contributed by atoms with van der Waals surface area (Å²) in [5, 5.41) is 20.4. The van der Waals surface area contributed by atoms with Crippen LogP contribution in [0.2, 0.25) is 0 Å². The SMILES string of the molecule is Cc1ccc(N(C)c2cccc(C(=O)O)c2[N+](=O)[O-])cc1. The number of nitro benzene ring substituents is 1. The van der Waals surface area contributed by atoms with E-state index in [9.17, 15) is 14.9 Å². The molecule has 0 bridgehead atoms. The molecule has 108 valence electrons. The minimum absolute atomic E-state index is 0.240. The van der Waals surface area contributed by atoms with Crippen molar-refractivity contribution in [1.82, 2.24) is 0 Å². The summed E-state index contributed by atoms with van der Waals surface area (Å²) < 4.78 is 0. The molecule has 21 heavy (non-hydrogen) atoms. The molecular weight excluding hydrogens is 272 g/mol. The summed E-state index contributed by atoms with van der Waals surface area (Å²) >= 11 is 0. The van der Waals surface area contributed by atoms with E-state index in [4.69, 9.17) is 5.11 Å². The van der Waals surface area contributed by atoms with E-state index in [1.54, 1.807) is 11.9 Å². The Labute approximate surface area is 121 Å². The summed E-state index contributed by atoms with van der Waals surface area (Å²) in [6.07, 6.45) is 0. The Kier molecular flexibility index (Phi) is 3.89. The van der Waals surface area contributed by atoms with Crippen LogP contribution >= 0.6 is 0 Å². The lowest BCUT2D eigenvalue weighted by Gasteiger charge is -2.20. The summed E-state index contributed by atoms with van der Waals surface area (Å²) in [7, 11) is 1.67. The third-order valence-electron chi connectivity index (χ3n) is 3.21. The predicted octanol–water partition coefficient (Wildman–Crippen LogP) is 3.37. The molecule has 0 aromatic heterocycles. The molecule has 0 amide bonds. The molecule has 6 heteroatoms. The van der Waals surface area contributed by atoms with Gasteiger partial charge in [0.2, 0.25) is 0 Å². The van der Waals surface area contributed by atoms with Crippen LogP contribution in [-0.2, 0) is 0 Å². The third-order valence-corrected chi connectivity index (χ3v) is 3.21. The van der Waals surface area contributed by atoms with Gasteiger partial charge in [0.25, 0.3) is 0 Å². The van der Waals surface area contributed by atoms with E-state index in [1.807, 2.05) is 31.2 Å². The van der Waals surface area contributed by atoms with Crippen molar-refractivity contribution in [3.05, 3.63) is 63.7 Å². The largest absolute Gasteiger partial charge is 0.477 e.